The van der Waals surface area contributed by atoms with Crippen LogP contribution in [0.5, 0.6) is 0 Å². The first-order valence-corrected chi connectivity index (χ1v) is 8.45. The van der Waals surface area contributed by atoms with Crippen molar-refractivity contribution in [2.24, 2.45) is 5.92 Å². The summed E-state index contributed by atoms with van der Waals surface area (Å²) < 4.78 is 0. The molecule has 0 aromatic heterocycles. The average molecular weight is 274 g/mol. The van der Waals surface area contributed by atoms with E-state index in [1.807, 2.05) is 0 Å². The molecule has 1 atom stereocenters. The smallest absolute Gasteiger partial charge is 0.0248 e. The van der Waals surface area contributed by atoms with E-state index in [4.69, 9.17) is 6.42 Å². The van der Waals surface area contributed by atoms with Gasteiger partial charge in [0.1, 0.15) is 0 Å². The Morgan fingerprint density at radius 1 is 1.00 bits per heavy atom. The molecule has 0 aliphatic heterocycles. The van der Waals surface area contributed by atoms with Crippen LogP contribution in [0.2, 0.25) is 0 Å². The van der Waals surface area contributed by atoms with Crippen LogP contribution >= 0.6 is 8.58 Å². The van der Waals surface area contributed by atoms with Crippen LogP contribution in [0.1, 0.15) is 70.1 Å². The minimum atomic E-state index is 0.542. The van der Waals surface area contributed by atoms with E-state index in [2.05, 4.69) is 59.6 Å². The molecule has 0 nitrogen and oxygen atoms in total. The molecule has 0 N–H and O–H groups in total. The zero-order valence-corrected chi connectivity index (χ0v) is 14.2. The SMILES string of the molecule is C#Cc1cc(C(C)C)c(PCC(C)C)c(C(C)C)c1. The van der Waals surface area contributed by atoms with Gasteiger partial charge >= 0.3 is 0 Å². The molecule has 1 unspecified atom stereocenters. The summed E-state index contributed by atoms with van der Waals surface area (Å²) in [6.45, 7) is 13.7. The van der Waals surface area contributed by atoms with Crippen LogP contribution < -0.4 is 5.30 Å². The van der Waals surface area contributed by atoms with Crippen LogP contribution in [0, 0.1) is 18.3 Å². The van der Waals surface area contributed by atoms with E-state index >= 15 is 0 Å². The Bertz CT molecular complexity index is 432. The van der Waals surface area contributed by atoms with Crippen molar-refractivity contribution >= 4 is 13.9 Å². The average Bonchev–Trinajstić information content (AvgIpc) is 2.34. The molecule has 0 heterocycles. The van der Waals surface area contributed by atoms with Gasteiger partial charge in [0, 0.05) is 5.56 Å². The largest absolute Gasteiger partial charge is 0.115 e. The van der Waals surface area contributed by atoms with Gasteiger partial charge < -0.3 is 0 Å². The second-order valence-electron chi connectivity index (χ2n) is 6.26. The van der Waals surface area contributed by atoms with Crippen molar-refractivity contribution in [3.63, 3.8) is 0 Å². The summed E-state index contributed by atoms with van der Waals surface area (Å²) in [4.78, 5) is 0. The molecule has 104 valence electrons. The summed E-state index contributed by atoms with van der Waals surface area (Å²) in [5, 5.41) is 1.57. The molecule has 0 saturated heterocycles. The van der Waals surface area contributed by atoms with Gasteiger partial charge in [0.05, 0.1) is 0 Å². The Labute approximate surface area is 121 Å². The highest BCUT2D eigenvalue weighted by Gasteiger charge is 2.15. The first kappa shape index (κ1) is 16.3. The lowest BCUT2D eigenvalue weighted by Crippen LogP contribution is -2.16. The van der Waals surface area contributed by atoms with E-state index in [1.165, 1.54) is 17.3 Å². The molecule has 0 amide bonds. The van der Waals surface area contributed by atoms with Gasteiger partial charge in [-0.05, 0) is 52.5 Å². The summed E-state index contributed by atoms with van der Waals surface area (Å²) >= 11 is 0. The maximum atomic E-state index is 5.61. The van der Waals surface area contributed by atoms with Gasteiger partial charge in [-0.1, -0.05) is 56.0 Å². The van der Waals surface area contributed by atoms with E-state index < -0.39 is 0 Å². The van der Waals surface area contributed by atoms with Gasteiger partial charge in [-0.25, -0.2) is 0 Å². The predicted molar refractivity (Wildman–Crippen MR) is 90.2 cm³/mol. The molecular formula is C18H27P. The molecule has 1 aromatic rings. The van der Waals surface area contributed by atoms with Crippen molar-refractivity contribution < 1.29 is 0 Å². The van der Waals surface area contributed by atoms with Gasteiger partial charge in [-0.3, -0.25) is 0 Å². The highest BCUT2D eigenvalue weighted by atomic mass is 31.1. The van der Waals surface area contributed by atoms with Crippen LogP contribution in [0.3, 0.4) is 0 Å². The van der Waals surface area contributed by atoms with E-state index in [0.717, 1.165) is 20.1 Å². The summed E-state index contributed by atoms with van der Waals surface area (Å²) in [5.74, 6) is 4.65. The van der Waals surface area contributed by atoms with Crippen molar-refractivity contribution in [1.29, 1.82) is 0 Å². The molecule has 0 radical (unpaired) electrons. The molecule has 0 aliphatic rings. The van der Waals surface area contributed by atoms with Crippen LogP contribution in [-0.4, -0.2) is 6.16 Å². The van der Waals surface area contributed by atoms with Crippen molar-refractivity contribution in [2.75, 3.05) is 6.16 Å². The van der Waals surface area contributed by atoms with Gasteiger partial charge in [0.25, 0.3) is 0 Å². The second kappa shape index (κ2) is 7.12. The third-order valence-corrected chi connectivity index (χ3v) is 5.25. The van der Waals surface area contributed by atoms with Crippen molar-refractivity contribution in [2.45, 2.75) is 53.4 Å². The summed E-state index contributed by atoms with van der Waals surface area (Å²) in [7, 11) is 0.897. The number of hydrogen-bond acceptors (Lipinski definition) is 0. The molecule has 1 aromatic carbocycles. The highest BCUT2D eigenvalue weighted by Crippen LogP contribution is 2.29. The molecule has 0 spiro atoms. The molecule has 1 heteroatoms. The van der Waals surface area contributed by atoms with E-state index in [0.29, 0.717) is 11.8 Å². The topological polar surface area (TPSA) is 0 Å². The molecule has 0 bridgehead atoms. The predicted octanol–water partition coefficient (Wildman–Crippen LogP) is 4.87. The van der Waals surface area contributed by atoms with Gasteiger partial charge in [0.2, 0.25) is 0 Å². The van der Waals surface area contributed by atoms with Gasteiger partial charge in [-0.2, -0.15) is 0 Å². The quantitative estimate of drug-likeness (QED) is 0.530. The first-order valence-electron chi connectivity index (χ1n) is 7.25. The Morgan fingerprint density at radius 2 is 1.47 bits per heavy atom. The van der Waals surface area contributed by atoms with Crippen LogP contribution in [-0.2, 0) is 0 Å². The highest BCUT2D eigenvalue weighted by molar-refractivity contribution is 7.47. The lowest BCUT2D eigenvalue weighted by atomic mass is 9.93. The first-order chi connectivity index (χ1) is 8.86. The van der Waals surface area contributed by atoms with Gasteiger partial charge in [0.15, 0.2) is 0 Å². The maximum Gasteiger partial charge on any atom is 0.0248 e. The standard InChI is InChI=1S/C18H27P/c1-8-15-9-16(13(4)5)18(19-11-12(2)3)17(10-15)14(6)7/h1,9-10,12-14,19H,11H2,2-7H3. The monoisotopic (exact) mass is 274 g/mol. The minimum Gasteiger partial charge on any atom is -0.115 e. The number of rotatable bonds is 5. The number of hydrogen-bond donors (Lipinski definition) is 0. The fraction of sp³-hybridized carbons (Fsp3) is 0.556. The Hall–Kier alpha value is -0.790. The second-order valence-corrected chi connectivity index (χ2v) is 7.52. The zero-order chi connectivity index (χ0) is 14.6. The number of benzene rings is 1. The normalized spacial score (nSPS) is 12.0. The molecular weight excluding hydrogens is 247 g/mol. The summed E-state index contributed by atoms with van der Waals surface area (Å²) in [6, 6.07) is 4.44. The zero-order valence-electron chi connectivity index (χ0n) is 13.2. The Morgan fingerprint density at radius 3 is 1.79 bits per heavy atom. The lowest BCUT2D eigenvalue weighted by Gasteiger charge is -2.21. The summed E-state index contributed by atoms with van der Waals surface area (Å²) in [5.41, 5.74) is 3.95. The third kappa shape index (κ3) is 4.36. The molecule has 1 rings (SSSR count). The van der Waals surface area contributed by atoms with Crippen molar-refractivity contribution in [3.8, 4) is 12.3 Å². The van der Waals surface area contributed by atoms with E-state index in [-0.39, 0.29) is 0 Å². The molecule has 0 saturated carbocycles. The van der Waals surface area contributed by atoms with Crippen molar-refractivity contribution in [1.82, 2.24) is 0 Å². The third-order valence-electron chi connectivity index (χ3n) is 3.30. The summed E-state index contributed by atoms with van der Waals surface area (Å²) in [6.07, 6.45) is 6.89. The molecule has 19 heavy (non-hydrogen) atoms. The maximum absolute atomic E-state index is 5.61. The number of terminal acetylenes is 1. The Balaban J connectivity index is 3.33. The van der Waals surface area contributed by atoms with Crippen molar-refractivity contribution in [3.05, 3.63) is 28.8 Å². The lowest BCUT2D eigenvalue weighted by molar-refractivity contribution is 0.748. The van der Waals surface area contributed by atoms with Gasteiger partial charge in [-0.15, -0.1) is 6.42 Å². The molecule has 0 fully saturated rings. The van der Waals surface area contributed by atoms with Crippen LogP contribution in [0.15, 0.2) is 12.1 Å². The van der Waals surface area contributed by atoms with E-state index in [1.54, 1.807) is 5.30 Å². The van der Waals surface area contributed by atoms with E-state index in [9.17, 15) is 0 Å². The fourth-order valence-electron chi connectivity index (χ4n) is 2.19. The van der Waals surface area contributed by atoms with Crippen LogP contribution in [0.25, 0.3) is 0 Å². The fourth-order valence-corrected chi connectivity index (χ4v) is 3.93. The molecule has 0 aliphatic carbocycles. The van der Waals surface area contributed by atoms with Crippen LogP contribution in [0.4, 0.5) is 0 Å². The Kier molecular flexibility index (Phi) is 6.09. The minimum absolute atomic E-state index is 0.542.